The van der Waals surface area contributed by atoms with Crippen LogP contribution in [0.2, 0.25) is 0 Å². The van der Waals surface area contributed by atoms with E-state index in [1.165, 1.54) is 25.7 Å². The van der Waals surface area contributed by atoms with Gasteiger partial charge in [-0.3, -0.25) is 18.6 Å². The number of likely N-dealkylation sites (N-methyl/N-ethyl adjacent to an activating group) is 1. The van der Waals surface area contributed by atoms with Crippen molar-refractivity contribution in [2.75, 3.05) is 47.5 Å². The Balaban J connectivity index is 4.49. The lowest BCUT2D eigenvalue weighted by molar-refractivity contribution is -0.870. The number of quaternary nitrogens is 1. The third-order valence-electron chi connectivity index (χ3n) is 8.42. The highest BCUT2D eigenvalue weighted by Gasteiger charge is 2.27. The minimum Gasteiger partial charge on any atom is -0.462 e. The van der Waals surface area contributed by atoms with Crippen molar-refractivity contribution in [3.05, 3.63) is 48.6 Å². The number of aliphatic hydroxyl groups excluding tert-OH is 1. The van der Waals surface area contributed by atoms with Gasteiger partial charge in [-0.25, -0.2) is 4.57 Å². The summed E-state index contributed by atoms with van der Waals surface area (Å²) in [7, 11) is 1.42. The SMILES string of the molecule is CC/C=C/CC(O)/C=C/C=C/CCCCCCCC(=O)OC[C@H](COP(=O)(O)OCC[N+](C)(C)C)OC(=O)CCCCCCC/C=C\CCCCCC. The molecule has 0 spiro atoms. The first-order valence-corrected chi connectivity index (χ1v) is 22.0. The van der Waals surface area contributed by atoms with Crippen LogP contribution in [0.25, 0.3) is 0 Å². The molecule has 11 heteroatoms. The normalized spacial score (nSPS) is 14.8. The topological polar surface area (TPSA) is 129 Å². The van der Waals surface area contributed by atoms with Crippen LogP contribution in [-0.4, -0.2) is 86.1 Å². The molecular formula is C42H77NO9P+. The smallest absolute Gasteiger partial charge is 0.462 e. The molecule has 308 valence electrons. The maximum absolute atomic E-state index is 12.6. The molecule has 0 aromatic carbocycles. The second-order valence-corrected chi connectivity index (χ2v) is 16.3. The van der Waals surface area contributed by atoms with Gasteiger partial charge < -0.3 is 24.0 Å². The molecule has 3 atom stereocenters. The fraction of sp³-hybridized carbons (Fsp3) is 0.762. The zero-order valence-corrected chi connectivity index (χ0v) is 35.0. The number of phosphoric ester groups is 1. The van der Waals surface area contributed by atoms with E-state index < -0.39 is 38.6 Å². The van der Waals surface area contributed by atoms with Gasteiger partial charge in [0.25, 0.3) is 0 Å². The second-order valence-electron chi connectivity index (χ2n) is 14.8. The number of nitrogens with zero attached hydrogens (tertiary/aromatic N) is 1. The number of unbranched alkanes of at least 4 members (excludes halogenated alkanes) is 14. The molecule has 0 aromatic rings. The molecule has 0 heterocycles. The van der Waals surface area contributed by atoms with Crippen LogP contribution >= 0.6 is 7.82 Å². The highest BCUT2D eigenvalue weighted by Crippen LogP contribution is 2.43. The fourth-order valence-electron chi connectivity index (χ4n) is 5.16. The largest absolute Gasteiger partial charge is 0.472 e. The van der Waals surface area contributed by atoms with Crippen molar-refractivity contribution in [3.63, 3.8) is 0 Å². The number of esters is 2. The second kappa shape index (κ2) is 34.4. The number of ether oxygens (including phenoxy) is 2. The molecule has 0 aliphatic heterocycles. The third kappa shape index (κ3) is 38.0. The Morgan fingerprint density at radius 2 is 1.25 bits per heavy atom. The van der Waals surface area contributed by atoms with Crippen molar-refractivity contribution in [2.45, 2.75) is 161 Å². The Hall–Kier alpha value is -2.07. The predicted octanol–water partition coefficient (Wildman–Crippen LogP) is 10.1. The lowest BCUT2D eigenvalue weighted by atomic mass is 10.1. The molecule has 0 saturated heterocycles. The summed E-state index contributed by atoms with van der Waals surface area (Å²) in [5.74, 6) is -0.867. The number of hydrogen-bond acceptors (Lipinski definition) is 8. The number of carbonyl (C=O) groups excluding carboxylic acids is 2. The maximum Gasteiger partial charge on any atom is 0.472 e. The van der Waals surface area contributed by atoms with Crippen molar-refractivity contribution in [1.82, 2.24) is 0 Å². The highest BCUT2D eigenvalue weighted by atomic mass is 31.2. The molecule has 0 fully saturated rings. The molecule has 0 amide bonds. The van der Waals surface area contributed by atoms with Gasteiger partial charge in [-0.05, 0) is 64.2 Å². The highest BCUT2D eigenvalue weighted by molar-refractivity contribution is 7.47. The summed E-state index contributed by atoms with van der Waals surface area (Å²) in [5, 5.41) is 9.87. The van der Waals surface area contributed by atoms with E-state index in [1.807, 2.05) is 45.4 Å². The summed E-state index contributed by atoms with van der Waals surface area (Å²) in [5.41, 5.74) is 0. The van der Waals surface area contributed by atoms with E-state index in [2.05, 4.69) is 32.1 Å². The summed E-state index contributed by atoms with van der Waals surface area (Å²) in [4.78, 5) is 35.2. The Morgan fingerprint density at radius 3 is 1.85 bits per heavy atom. The van der Waals surface area contributed by atoms with Crippen molar-refractivity contribution < 1.29 is 47.2 Å². The van der Waals surface area contributed by atoms with Gasteiger partial charge >= 0.3 is 19.8 Å². The Bertz CT molecular complexity index is 1070. The van der Waals surface area contributed by atoms with E-state index >= 15 is 0 Å². The molecule has 53 heavy (non-hydrogen) atoms. The van der Waals surface area contributed by atoms with Crippen LogP contribution in [0, 0.1) is 0 Å². The van der Waals surface area contributed by atoms with Crippen molar-refractivity contribution in [2.24, 2.45) is 0 Å². The quantitative estimate of drug-likeness (QED) is 0.0160. The first kappa shape index (κ1) is 50.9. The van der Waals surface area contributed by atoms with Gasteiger partial charge in [0.2, 0.25) is 0 Å². The average molecular weight is 771 g/mol. The Labute approximate surface area is 323 Å². The van der Waals surface area contributed by atoms with Gasteiger partial charge in [0.15, 0.2) is 6.10 Å². The van der Waals surface area contributed by atoms with Crippen LogP contribution in [0.5, 0.6) is 0 Å². The van der Waals surface area contributed by atoms with E-state index in [1.54, 1.807) is 6.08 Å². The number of carbonyl (C=O) groups is 2. The molecule has 0 rings (SSSR count). The minimum atomic E-state index is -4.39. The van der Waals surface area contributed by atoms with Crippen LogP contribution in [0.4, 0.5) is 0 Å². The molecule has 0 aliphatic rings. The summed E-state index contributed by atoms with van der Waals surface area (Å²) >= 11 is 0. The molecule has 0 aromatic heterocycles. The molecule has 10 nitrogen and oxygen atoms in total. The van der Waals surface area contributed by atoms with Crippen molar-refractivity contribution >= 4 is 19.8 Å². The standard InChI is InChI=1S/C42H76NO9P/c1-6-8-10-11-12-13-14-15-16-19-23-26-30-34-42(46)52-40(38-51-53(47,48)50-36-35-43(3,4)5)37-49-41(45)33-29-25-22-20-17-18-21-24-28-32-39(44)31-27-9-7-2/h9,13-14,21,24,27-28,32,39-40,44H,6-8,10-12,15-20,22-23,25-26,29-31,33-38H2,1-5H3/p+1/b14-13-,24-21+,27-9+,32-28+/t39?,40-/m1/s1. The molecule has 0 saturated carbocycles. The number of allylic oxidation sites excluding steroid dienone is 6. The number of hydrogen-bond donors (Lipinski definition) is 2. The van der Waals surface area contributed by atoms with E-state index in [-0.39, 0.29) is 26.1 Å². The van der Waals surface area contributed by atoms with E-state index in [0.717, 1.165) is 77.0 Å². The van der Waals surface area contributed by atoms with E-state index in [0.29, 0.717) is 30.3 Å². The van der Waals surface area contributed by atoms with E-state index in [4.69, 9.17) is 18.5 Å². The molecule has 0 bridgehead atoms. The molecular weight excluding hydrogens is 693 g/mol. The summed E-state index contributed by atoms with van der Waals surface area (Å²) in [6.45, 7) is 4.12. The summed E-state index contributed by atoms with van der Waals surface area (Å²) in [6, 6.07) is 0. The Kier molecular flexibility index (Phi) is 33.1. The minimum absolute atomic E-state index is 0.0164. The van der Waals surface area contributed by atoms with Crippen LogP contribution < -0.4 is 0 Å². The monoisotopic (exact) mass is 771 g/mol. The van der Waals surface area contributed by atoms with Gasteiger partial charge in [0, 0.05) is 12.8 Å². The number of rotatable bonds is 36. The predicted molar refractivity (Wildman–Crippen MR) is 216 cm³/mol. The average Bonchev–Trinajstić information content (AvgIpc) is 3.09. The van der Waals surface area contributed by atoms with Crippen molar-refractivity contribution in [1.29, 1.82) is 0 Å². The zero-order chi connectivity index (χ0) is 39.5. The molecule has 2 unspecified atom stereocenters. The number of phosphoric acid groups is 1. The molecule has 0 radical (unpaired) electrons. The van der Waals surface area contributed by atoms with Crippen molar-refractivity contribution in [3.8, 4) is 0 Å². The lowest BCUT2D eigenvalue weighted by Crippen LogP contribution is -2.37. The first-order valence-electron chi connectivity index (χ1n) is 20.5. The summed E-state index contributed by atoms with van der Waals surface area (Å²) < 4.78 is 34.1. The van der Waals surface area contributed by atoms with Crippen LogP contribution in [0.15, 0.2) is 48.6 Å². The van der Waals surface area contributed by atoms with Crippen LogP contribution in [0.1, 0.15) is 149 Å². The van der Waals surface area contributed by atoms with Gasteiger partial charge in [-0.15, -0.1) is 0 Å². The fourth-order valence-corrected chi connectivity index (χ4v) is 5.90. The lowest BCUT2D eigenvalue weighted by Gasteiger charge is -2.24. The number of aliphatic hydroxyl groups is 1. The van der Waals surface area contributed by atoms with Gasteiger partial charge in [0.05, 0.1) is 33.9 Å². The summed E-state index contributed by atoms with van der Waals surface area (Å²) in [6.07, 6.45) is 34.9. The van der Waals surface area contributed by atoms with Gasteiger partial charge in [0.1, 0.15) is 19.8 Å². The van der Waals surface area contributed by atoms with Crippen LogP contribution in [0.3, 0.4) is 0 Å². The van der Waals surface area contributed by atoms with Crippen LogP contribution in [-0.2, 0) is 32.7 Å². The Morgan fingerprint density at radius 1 is 0.679 bits per heavy atom. The molecule has 0 aliphatic carbocycles. The zero-order valence-electron chi connectivity index (χ0n) is 34.1. The third-order valence-corrected chi connectivity index (χ3v) is 9.41. The first-order chi connectivity index (χ1) is 25.4. The van der Waals surface area contributed by atoms with Gasteiger partial charge in [-0.1, -0.05) is 120 Å². The van der Waals surface area contributed by atoms with Gasteiger partial charge in [-0.2, -0.15) is 0 Å². The van der Waals surface area contributed by atoms with E-state index in [9.17, 15) is 24.2 Å². The maximum atomic E-state index is 12.6. The molecule has 2 N–H and O–H groups in total.